The van der Waals surface area contributed by atoms with Gasteiger partial charge in [-0.25, -0.2) is 4.39 Å². The van der Waals surface area contributed by atoms with Crippen LogP contribution in [0.2, 0.25) is 0 Å². The van der Waals surface area contributed by atoms with Crippen molar-refractivity contribution in [2.24, 2.45) is 0 Å². The average molecular weight is 393 g/mol. The molecule has 0 saturated carbocycles. The van der Waals surface area contributed by atoms with Crippen LogP contribution in [-0.2, 0) is 24.4 Å². The second-order valence-electron chi connectivity index (χ2n) is 6.26. The summed E-state index contributed by atoms with van der Waals surface area (Å²) in [4.78, 5) is 24.1. The van der Waals surface area contributed by atoms with Crippen molar-refractivity contribution in [1.82, 2.24) is 10.6 Å². The lowest BCUT2D eigenvalue weighted by Crippen LogP contribution is -2.23. The van der Waals surface area contributed by atoms with Crippen LogP contribution < -0.4 is 15.4 Å². The van der Waals surface area contributed by atoms with Gasteiger partial charge >= 0.3 is 0 Å². The number of ether oxygens (including phenoxy) is 1. The molecule has 0 atom stereocenters. The number of benzene rings is 2. The Balaban J connectivity index is 0.00000261. The third kappa shape index (κ3) is 5.28. The van der Waals surface area contributed by atoms with Crippen LogP contribution in [0.25, 0.3) is 0 Å². The zero-order chi connectivity index (χ0) is 18.5. The largest absolute Gasteiger partial charge is 0.494 e. The Morgan fingerprint density at radius 3 is 2.63 bits per heavy atom. The van der Waals surface area contributed by atoms with Gasteiger partial charge in [0.1, 0.15) is 0 Å². The van der Waals surface area contributed by atoms with Gasteiger partial charge in [0.15, 0.2) is 17.3 Å². The van der Waals surface area contributed by atoms with E-state index in [1.807, 2.05) is 6.07 Å². The third-order valence-electron chi connectivity index (χ3n) is 4.44. The van der Waals surface area contributed by atoms with Crippen LogP contribution in [0.5, 0.6) is 5.75 Å². The van der Waals surface area contributed by atoms with E-state index in [9.17, 15) is 14.0 Å². The number of amides is 1. The molecule has 0 fully saturated rings. The van der Waals surface area contributed by atoms with Crippen molar-refractivity contribution in [3.05, 3.63) is 64.5 Å². The van der Waals surface area contributed by atoms with E-state index >= 15 is 0 Å². The molecular weight excluding hydrogens is 371 g/mol. The van der Waals surface area contributed by atoms with Gasteiger partial charge in [0.05, 0.1) is 7.11 Å². The van der Waals surface area contributed by atoms with Gasteiger partial charge in [-0.05, 0) is 34.9 Å². The Morgan fingerprint density at radius 1 is 1.11 bits per heavy atom. The van der Waals surface area contributed by atoms with E-state index in [4.69, 9.17) is 4.74 Å². The summed E-state index contributed by atoms with van der Waals surface area (Å²) >= 11 is 0. The first-order valence-electron chi connectivity index (χ1n) is 8.51. The molecule has 0 saturated heterocycles. The SMILES string of the molecule is COc1ccc(C(=O)CCC(=O)NCc2ccc3c(c2)CNC3)cc1F.Cl. The zero-order valence-corrected chi connectivity index (χ0v) is 15.8. The lowest BCUT2D eigenvalue weighted by Gasteiger charge is -2.08. The number of carbonyl (C=O) groups excluding carboxylic acids is 2. The fraction of sp³-hybridized carbons (Fsp3) is 0.300. The summed E-state index contributed by atoms with van der Waals surface area (Å²) < 4.78 is 18.5. The Kier molecular flexibility index (Phi) is 7.33. The number of ketones is 1. The second-order valence-corrected chi connectivity index (χ2v) is 6.26. The maximum atomic E-state index is 13.7. The number of rotatable bonds is 7. The normalized spacial score (nSPS) is 12.1. The number of hydrogen-bond donors (Lipinski definition) is 2. The monoisotopic (exact) mass is 392 g/mol. The molecule has 1 amide bonds. The first kappa shape index (κ1) is 20.9. The Labute approximate surface area is 163 Å². The minimum Gasteiger partial charge on any atom is -0.494 e. The molecule has 0 aromatic heterocycles. The average Bonchev–Trinajstić information content (AvgIpc) is 3.12. The van der Waals surface area contributed by atoms with Crippen LogP contribution in [0.1, 0.15) is 39.9 Å². The molecular formula is C20H22ClFN2O3. The first-order valence-corrected chi connectivity index (χ1v) is 8.51. The zero-order valence-electron chi connectivity index (χ0n) is 15.0. The Morgan fingerprint density at radius 2 is 1.89 bits per heavy atom. The molecule has 0 unspecified atom stereocenters. The van der Waals surface area contributed by atoms with E-state index < -0.39 is 5.82 Å². The summed E-state index contributed by atoms with van der Waals surface area (Å²) in [5.41, 5.74) is 3.82. The fourth-order valence-electron chi connectivity index (χ4n) is 2.96. The molecule has 0 spiro atoms. The maximum Gasteiger partial charge on any atom is 0.220 e. The van der Waals surface area contributed by atoms with Crippen LogP contribution in [0.3, 0.4) is 0 Å². The Hall–Kier alpha value is -2.44. The third-order valence-corrected chi connectivity index (χ3v) is 4.44. The van der Waals surface area contributed by atoms with Gasteiger partial charge in [-0.1, -0.05) is 18.2 Å². The fourth-order valence-corrected chi connectivity index (χ4v) is 2.96. The number of Topliss-reactive ketones (excluding diaryl/α,β-unsaturated/α-hetero) is 1. The van der Waals surface area contributed by atoms with Crippen molar-refractivity contribution in [3.8, 4) is 5.75 Å². The van der Waals surface area contributed by atoms with Crippen molar-refractivity contribution in [3.63, 3.8) is 0 Å². The van der Waals surface area contributed by atoms with Crippen molar-refractivity contribution in [2.45, 2.75) is 32.5 Å². The van der Waals surface area contributed by atoms with Crippen molar-refractivity contribution in [1.29, 1.82) is 0 Å². The minimum atomic E-state index is -0.589. The maximum absolute atomic E-state index is 13.7. The van der Waals surface area contributed by atoms with Gasteiger partial charge in [0, 0.05) is 38.0 Å². The summed E-state index contributed by atoms with van der Waals surface area (Å²) in [6.45, 7) is 2.16. The van der Waals surface area contributed by atoms with Gasteiger partial charge in [0.2, 0.25) is 5.91 Å². The number of nitrogens with one attached hydrogen (secondary N) is 2. The van der Waals surface area contributed by atoms with Crippen LogP contribution in [0.15, 0.2) is 36.4 Å². The summed E-state index contributed by atoms with van der Waals surface area (Å²) in [7, 11) is 1.36. The standard InChI is InChI=1S/C20H21FN2O3.ClH/c1-26-19-6-4-14(9-17(19)21)18(24)5-7-20(25)23-10-13-2-3-15-11-22-12-16(15)8-13;/h2-4,6,8-9,22H,5,7,10-12H2,1H3,(H,23,25);1H. The number of methoxy groups -OCH3 is 1. The lowest BCUT2D eigenvalue weighted by atomic mass is 10.1. The van der Waals surface area contributed by atoms with Crippen LogP contribution >= 0.6 is 12.4 Å². The molecule has 7 heteroatoms. The Bertz CT molecular complexity index is 842. The number of halogens is 2. The van der Waals surface area contributed by atoms with E-state index in [-0.39, 0.29) is 48.3 Å². The molecule has 1 heterocycles. The highest BCUT2D eigenvalue weighted by Gasteiger charge is 2.13. The summed E-state index contributed by atoms with van der Waals surface area (Å²) in [6, 6.07) is 10.2. The molecule has 1 aliphatic rings. The smallest absolute Gasteiger partial charge is 0.220 e. The molecule has 2 aromatic rings. The number of hydrogen-bond acceptors (Lipinski definition) is 4. The highest BCUT2D eigenvalue weighted by atomic mass is 35.5. The van der Waals surface area contributed by atoms with Gasteiger partial charge in [-0.15, -0.1) is 12.4 Å². The van der Waals surface area contributed by atoms with Crippen molar-refractivity contribution < 1.29 is 18.7 Å². The van der Waals surface area contributed by atoms with Crippen LogP contribution in [-0.4, -0.2) is 18.8 Å². The number of carbonyl (C=O) groups is 2. The van der Waals surface area contributed by atoms with E-state index in [1.165, 1.54) is 30.4 Å². The molecule has 3 rings (SSSR count). The second kappa shape index (κ2) is 9.48. The molecule has 1 aliphatic heterocycles. The molecule has 0 aliphatic carbocycles. The summed E-state index contributed by atoms with van der Waals surface area (Å²) in [5.74, 6) is -0.978. The summed E-state index contributed by atoms with van der Waals surface area (Å²) in [5, 5.41) is 6.10. The molecule has 2 N–H and O–H groups in total. The minimum absolute atomic E-state index is 0. The van der Waals surface area contributed by atoms with Gasteiger partial charge < -0.3 is 15.4 Å². The topological polar surface area (TPSA) is 67.4 Å². The molecule has 0 bridgehead atoms. The van der Waals surface area contributed by atoms with Gasteiger partial charge in [-0.2, -0.15) is 0 Å². The lowest BCUT2D eigenvalue weighted by molar-refractivity contribution is -0.121. The molecule has 144 valence electrons. The molecule has 0 radical (unpaired) electrons. The van der Waals surface area contributed by atoms with Crippen LogP contribution in [0.4, 0.5) is 4.39 Å². The van der Waals surface area contributed by atoms with Crippen LogP contribution in [0, 0.1) is 5.82 Å². The molecule has 5 nitrogen and oxygen atoms in total. The van der Waals surface area contributed by atoms with E-state index in [2.05, 4.69) is 22.8 Å². The quantitative estimate of drug-likeness (QED) is 0.710. The molecule has 27 heavy (non-hydrogen) atoms. The predicted octanol–water partition coefficient (Wildman–Crippen LogP) is 3.14. The first-order chi connectivity index (χ1) is 12.6. The van der Waals surface area contributed by atoms with Crippen molar-refractivity contribution in [2.75, 3.05) is 7.11 Å². The predicted molar refractivity (Wildman–Crippen MR) is 103 cm³/mol. The van der Waals surface area contributed by atoms with E-state index in [1.54, 1.807) is 0 Å². The van der Waals surface area contributed by atoms with Gasteiger partial charge in [0.25, 0.3) is 0 Å². The highest BCUT2D eigenvalue weighted by Crippen LogP contribution is 2.19. The van der Waals surface area contributed by atoms with E-state index in [0.717, 1.165) is 24.7 Å². The van der Waals surface area contributed by atoms with Gasteiger partial charge in [-0.3, -0.25) is 9.59 Å². The highest BCUT2D eigenvalue weighted by molar-refractivity contribution is 5.98. The molecule has 2 aromatic carbocycles. The summed E-state index contributed by atoms with van der Waals surface area (Å²) in [6.07, 6.45) is 0.102. The van der Waals surface area contributed by atoms with E-state index in [0.29, 0.717) is 6.54 Å². The number of fused-ring (bicyclic) bond motifs is 1. The van der Waals surface area contributed by atoms with Crippen molar-refractivity contribution >= 4 is 24.1 Å².